The van der Waals surface area contributed by atoms with Crippen LogP contribution in [0.3, 0.4) is 0 Å². The molecule has 4 aromatic rings. The number of H-pyrrole nitrogens is 1. The quantitative estimate of drug-likeness (QED) is 0.311. The largest absolute Gasteiger partial charge is 0.497 e. The number of hydrogen-bond acceptors (Lipinski definition) is 5. The molecule has 0 fully saturated rings. The maximum atomic E-state index is 13.4. The average molecular weight is 474 g/mol. The summed E-state index contributed by atoms with van der Waals surface area (Å²) < 4.78 is 25.1. The van der Waals surface area contributed by atoms with Gasteiger partial charge in [0, 0.05) is 17.2 Å². The number of aromatic amines is 1. The molecule has 0 saturated carbocycles. The van der Waals surface area contributed by atoms with Crippen molar-refractivity contribution in [3.8, 4) is 28.4 Å². The van der Waals surface area contributed by atoms with Gasteiger partial charge in [-0.1, -0.05) is 30.3 Å². The molecule has 0 saturated heterocycles. The molecule has 9 heteroatoms. The van der Waals surface area contributed by atoms with E-state index in [0.29, 0.717) is 22.9 Å². The summed E-state index contributed by atoms with van der Waals surface area (Å²) in [5, 5.41) is 7.28. The van der Waals surface area contributed by atoms with E-state index >= 15 is 0 Å². The Morgan fingerprint density at radius 1 is 0.971 bits per heavy atom. The monoisotopic (exact) mass is 474 g/mol. The van der Waals surface area contributed by atoms with E-state index in [9.17, 15) is 14.0 Å². The molecule has 1 aromatic heterocycles. The van der Waals surface area contributed by atoms with E-state index in [-0.39, 0.29) is 16.8 Å². The molecule has 0 radical (unpaired) electrons. The molecule has 4 rings (SSSR count). The lowest BCUT2D eigenvalue weighted by Gasteiger charge is -2.08. The summed E-state index contributed by atoms with van der Waals surface area (Å²) in [7, 11) is 2.98. The molecule has 0 bridgehead atoms. The summed E-state index contributed by atoms with van der Waals surface area (Å²) in [6.07, 6.45) is 0. The number of benzene rings is 3. The lowest BCUT2D eigenvalue weighted by Crippen LogP contribution is -2.23. The van der Waals surface area contributed by atoms with Crippen LogP contribution < -0.4 is 20.5 Å². The number of nitrogens with zero attached hydrogens (tertiary/aromatic N) is 2. The zero-order valence-corrected chi connectivity index (χ0v) is 19.3. The molecule has 35 heavy (non-hydrogen) atoms. The van der Waals surface area contributed by atoms with Crippen LogP contribution in [0.5, 0.6) is 11.5 Å². The van der Waals surface area contributed by atoms with Gasteiger partial charge in [-0.05, 0) is 43.3 Å². The van der Waals surface area contributed by atoms with Crippen molar-refractivity contribution in [1.29, 1.82) is 0 Å². The standard InChI is InChI=1S/C26H23FN4O4/c1-16(28-29-25(32)18-13-21(34-2)15-22(14-18)35-3)23-24(17-7-5-4-6-8-17)30-31(26(23)33)20-11-9-19(27)10-12-20/h4-15,30H,1-3H3,(H,29,32). The predicted octanol–water partition coefficient (Wildman–Crippen LogP) is 4.14. The number of ether oxygens (including phenoxy) is 2. The Kier molecular flexibility index (Phi) is 6.77. The Morgan fingerprint density at radius 2 is 1.60 bits per heavy atom. The third-order valence-corrected chi connectivity index (χ3v) is 5.34. The second kappa shape index (κ2) is 10.1. The SMILES string of the molecule is COc1cc(OC)cc(C(=O)NN=C(C)c2c(-c3ccccc3)[nH]n(-c3ccc(F)cc3)c2=O)c1. The van der Waals surface area contributed by atoms with Crippen molar-refractivity contribution in [2.45, 2.75) is 6.92 Å². The molecule has 0 unspecified atom stereocenters. The van der Waals surface area contributed by atoms with Crippen LogP contribution >= 0.6 is 0 Å². The highest BCUT2D eigenvalue weighted by atomic mass is 19.1. The van der Waals surface area contributed by atoms with Crippen molar-refractivity contribution in [2.24, 2.45) is 5.10 Å². The van der Waals surface area contributed by atoms with Gasteiger partial charge in [-0.2, -0.15) is 5.10 Å². The Balaban J connectivity index is 1.73. The number of nitrogens with one attached hydrogen (secondary N) is 2. The van der Waals surface area contributed by atoms with E-state index < -0.39 is 17.3 Å². The van der Waals surface area contributed by atoms with Crippen molar-refractivity contribution >= 4 is 11.6 Å². The minimum absolute atomic E-state index is 0.268. The third kappa shape index (κ3) is 4.98. The van der Waals surface area contributed by atoms with Crippen LogP contribution in [-0.4, -0.2) is 35.6 Å². The van der Waals surface area contributed by atoms with Gasteiger partial charge in [0.15, 0.2) is 0 Å². The minimum Gasteiger partial charge on any atom is -0.497 e. The first-order chi connectivity index (χ1) is 16.9. The molecule has 178 valence electrons. The molecular weight excluding hydrogens is 451 g/mol. The number of methoxy groups -OCH3 is 2. The second-order valence-corrected chi connectivity index (χ2v) is 7.58. The maximum absolute atomic E-state index is 13.4. The van der Waals surface area contributed by atoms with E-state index in [0.717, 1.165) is 5.56 Å². The second-order valence-electron chi connectivity index (χ2n) is 7.58. The van der Waals surface area contributed by atoms with Crippen LogP contribution in [0.2, 0.25) is 0 Å². The van der Waals surface area contributed by atoms with Crippen LogP contribution in [0.4, 0.5) is 4.39 Å². The van der Waals surface area contributed by atoms with Gasteiger partial charge >= 0.3 is 0 Å². The van der Waals surface area contributed by atoms with Crippen molar-refractivity contribution in [2.75, 3.05) is 14.2 Å². The van der Waals surface area contributed by atoms with Crippen molar-refractivity contribution in [3.05, 3.63) is 100 Å². The number of aromatic nitrogens is 2. The Morgan fingerprint density at radius 3 is 2.20 bits per heavy atom. The predicted molar refractivity (Wildman–Crippen MR) is 131 cm³/mol. The van der Waals surface area contributed by atoms with Gasteiger partial charge in [0.25, 0.3) is 11.5 Å². The molecule has 1 heterocycles. The number of hydrazone groups is 1. The Hall–Kier alpha value is -4.66. The molecule has 0 aliphatic heterocycles. The number of carbonyl (C=O) groups excluding carboxylic acids is 1. The third-order valence-electron chi connectivity index (χ3n) is 5.34. The first-order valence-electron chi connectivity index (χ1n) is 10.7. The van der Waals surface area contributed by atoms with Gasteiger partial charge < -0.3 is 9.47 Å². The molecule has 8 nitrogen and oxygen atoms in total. The van der Waals surface area contributed by atoms with Gasteiger partial charge in [-0.15, -0.1) is 0 Å². The molecule has 3 aromatic carbocycles. The summed E-state index contributed by atoms with van der Waals surface area (Å²) >= 11 is 0. The van der Waals surface area contributed by atoms with Gasteiger partial charge in [0.05, 0.1) is 36.9 Å². The first-order valence-corrected chi connectivity index (χ1v) is 10.7. The number of halogens is 1. The summed E-state index contributed by atoms with van der Waals surface area (Å²) in [6.45, 7) is 1.62. The summed E-state index contributed by atoms with van der Waals surface area (Å²) in [5.74, 6) is -0.00698. The minimum atomic E-state index is -0.503. The van der Waals surface area contributed by atoms with E-state index in [4.69, 9.17) is 9.47 Å². The highest BCUT2D eigenvalue weighted by Gasteiger charge is 2.20. The normalized spacial score (nSPS) is 11.3. The molecule has 0 spiro atoms. The van der Waals surface area contributed by atoms with Crippen LogP contribution in [0.15, 0.2) is 82.7 Å². The van der Waals surface area contributed by atoms with E-state index in [1.165, 1.54) is 43.2 Å². The highest BCUT2D eigenvalue weighted by Crippen LogP contribution is 2.23. The summed E-state index contributed by atoms with van der Waals surface area (Å²) in [6, 6.07) is 19.5. The van der Waals surface area contributed by atoms with Crippen LogP contribution in [0.25, 0.3) is 16.9 Å². The summed E-state index contributed by atoms with van der Waals surface area (Å²) in [4.78, 5) is 26.1. The van der Waals surface area contributed by atoms with E-state index in [2.05, 4.69) is 15.6 Å². The fourth-order valence-corrected chi connectivity index (χ4v) is 3.55. The van der Waals surface area contributed by atoms with E-state index in [1.807, 2.05) is 30.3 Å². The molecule has 0 aliphatic carbocycles. The van der Waals surface area contributed by atoms with Crippen molar-refractivity contribution in [1.82, 2.24) is 15.2 Å². The Bertz CT molecular complexity index is 1420. The Labute approximate surface area is 200 Å². The molecule has 1 amide bonds. The molecule has 0 aliphatic rings. The first kappa shape index (κ1) is 23.5. The van der Waals surface area contributed by atoms with Gasteiger partial charge in [0.1, 0.15) is 17.3 Å². The number of carbonyl (C=O) groups is 1. The van der Waals surface area contributed by atoms with Gasteiger partial charge in [-0.3, -0.25) is 14.7 Å². The van der Waals surface area contributed by atoms with Crippen LogP contribution in [-0.2, 0) is 0 Å². The molecule has 2 N–H and O–H groups in total. The average Bonchev–Trinajstić information content (AvgIpc) is 3.24. The van der Waals surface area contributed by atoms with Crippen molar-refractivity contribution < 1.29 is 18.7 Å². The number of amides is 1. The lowest BCUT2D eigenvalue weighted by molar-refractivity contribution is 0.0954. The topological polar surface area (TPSA) is 97.7 Å². The molecular formula is C26H23FN4O4. The number of hydrogen-bond donors (Lipinski definition) is 2. The maximum Gasteiger partial charge on any atom is 0.281 e. The lowest BCUT2D eigenvalue weighted by atomic mass is 10.1. The fraction of sp³-hybridized carbons (Fsp3) is 0.115. The van der Waals surface area contributed by atoms with Crippen LogP contribution in [0, 0.1) is 5.82 Å². The highest BCUT2D eigenvalue weighted by molar-refractivity contribution is 6.04. The molecule has 0 atom stereocenters. The smallest absolute Gasteiger partial charge is 0.281 e. The summed E-state index contributed by atoms with van der Waals surface area (Å²) in [5.41, 5.74) is 4.64. The van der Waals surface area contributed by atoms with Crippen LogP contribution in [0.1, 0.15) is 22.8 Å². The zero-order chi connectivity index (χ0) is 24.9. The fourth-order valence-electron chi connectivity index (χ4n) is 3.55. The van der Waals surface area contributed by atoms with Gasteiger partial charge in [0.2, 0.25) is 0 Å². The zero-order valence-electron chi connectivity index (χ0n) is 19.3. The number of rotatable bonds is 7. The van der Waals surface area contributed by atoms with E-state index in [1.54, 1.807) is 25.1 Å². The van der Waals surface area contributed by atoms with Crippen molar-refractivity contribution in [3.63, 3.8) is 0 Å². The van der Waals surface area contributed by atoms with Gasteiger partial charge in [-0.25, -0.2) is 14.5 Å².